The summed E-state index contributed by atoms with van der Waals surface area (Å²) in [5.74, 6) is -0.267. The van der Waals surface area contributed by atoms with Crippen molar-refractivity contribution in [2.45, 2.75) is 6.04 Å². The minimum Gasteiger partial charge on any atom is -0.320 e. The number of thiophene rings is 1. The van der Waals surface area contributed by atoms with Gasteiger partial charge in [-0.25, -0.2) is 4.39 Å². The van der Waals surface area contributed by atoms with E-state index in [4.69, 9.17) is 5.73 Å². The van der Waals surface area contributed by atoms with E-state index in [-0.39, 0.29) is 24.3 Å². The van der Waals surface area contributed by atoms with Crippen LogP contribution in [0.15, 0.2) is 40.2 Å². The Bertz CT molecular complexity index is 461. The SMILES string of the molecule is Cl.N[C@H](c1ccc(F)c(Br)c1)c1cccs1. The predicted molar refractivity (Wildman–Crippen MR) is 71.7 cm³/mol. The van der Waals surface area contributed by atoms with Crippen LogP contribution in [0.1, 0.15) is 16.5 Å². The highest BCUT2D eigenvalue weighted by atomic mass is 79.9. The Kier molecular flexibility index (Phi) is 4.92. The highest BCUT2D eigenvalue weighted by Crippen LogP contribution is 2.26. The lowest BCUT2D eigenvalue weighted by atomic mass is 10.1. The van der Waals surface area contributed by atoms with E-state index in [0.717, 1.165) is 10.4 Å². The lowest BCUT2D eigenvalue weighted by Crippen LogP contribution is -2.10. The second-order valence-corrected chi connectivity index (χ2v) is 5.00. The molecule has 0 aliphatic carbocycles. The normalized spacial score (nSPS) is 11.9. The molecular weight excluding hydrogens is 313 g/mol. The monoisotopic (exact) mass is 321 g/mol. The van der Waals surface area contributed by atoms with Gasteiger partial charge in [0.25, 0.3) is 0 Å². The molecule has 2 rings (SSSR count). The first-order valence-electron chi connectivity index (χ1n) is 4.42. The lowest BCUT2D eigenvalue weighted by Gasteiger charge is -2.10. The molecule has 5 heteroatoms. The Morgan fingerprint density at radius 2 is 2.06 bits per heavy atom. The molecule has 1 nitrogen and oxygen atoms in total. The van der Waals surface area contributed by atoms with E-state index in [2.05, 4.69) is 15.9 Å². The summed E-state index contributed by atoms with van der Waals surface area (Å²) in [6, 6.07) is 8.61. The average molecular weight is 323 g/mol. The smallest absolute Gasteiger partial charge is 0.137 e. The average Bonchev–Trinajstić information content (AvgIpc) is 2.74. The zero-order chi connectivity index (χ0) is 10.8. The summed E-state index contributed by atoms with van der Waals surface area (Å²) in [5.41, 5.74) is 6.95. The van der Waals surface area contributed by atoms with Crippen molar-refractivity contribution in [3.63, 3.8) is 0 Å². The molecule has 0 aliphatic heterocycles. The summed E-state index contributed by atoms with van der Waals surface area (Å²) in [6.07, 6.45) is 0. The number of benzene rings is 1. The summed E-state index contributed by atoms with van der Waals surface area (Å²) < 4.78 is 13.5. The molecule has 1 atom stereocenters. The molecule has 1 aromatic carbocycles. The zero-order valence-corrected chi connectivity index (χ0v) is 11.4. The molecule has 2 N–H and O–H groups in total. The molecule has 0 saturated heterocycles. The van der Waals surface area contributed by atoms with Gasteiger partial charge in [0.1, 0.15) is 5.82 Å². The van der Waals surface area contributed by atoms with Gasteiger partial charge in [-0.3, -0.25) is 0 Å². The Balaban J connectivity index is 0.00000128. The standard InChI is InChI=1S/C11H9BrFNS.ClH/c12-8-6-7(3-4-9(8)13)11(14)10-2-1-5-15-10;/h1-6,11H,14H2;1H/t11-;/m1./s1. The van der Waals surface area contributed by atoms with Gasteiger partial charge in [-0.05, 0) is 45.1 Å². The van der Waals surface area contributed by atoms with Crippen LogP contribution in [-0.4, -0.2) is 0 Å². The molecule has 1 heterocycles. The zero-order valence-electron chi connectivity index (χ0n) is 8.19. The van der Waals surface area contributed by atoms with E-state index in [1.54, 1.807) is 23.5 Å². The maximum Gasteiger partial charge on any atom is 0.137 e. The van der Waals surface area contributed by atoms with Gasteiger partial charge in [-0.15, -0.1) is 23.7 Å². The Morgan fingerprint density at radius 3 is 2.62 bits per heavy atom. The van der Waals surface area contributed by atoms with E-state index < -0.39 is 0 Å². The third-order valence-electron chi connectivity index (χ3n) is 2.15. The van der Waals surface area contributed by atoms with E-state index in [0.29, 0.717) is 4.47 Å². The van der Waals surface area contributed by atoms with Crippen LogP contribution >= 0.6 is 39.7 Å². The van der Waals surface area contributed by atoms with Crippen LogP contribution in [0.3, 0.4) is 0 Å². The molecule has 0 spiro atoms. The minimum absolute atomic E-state index is 0. The molecule has 16 heavy (non-hydrogen) atoms. The van der Waals surface area contributed by atoms with E-state index in [1.165, 1.54) is 6.07 Å². The van der Waals surface area contributed by atoms with Crippen molar-refractivity contribution < 1.29 is 4.39 Å². The van der Waals surface area contributed by atoms with Crippen LogP contribution in [0.5, 0.6) is 0 Å². The van der Waals surface area contributed by atoms with Gasteiger partial charge in [0.2, 0.25) is 0 Å². The number of rotatable bonds is 2. The van der Waals surface area contributed by atoms with Crippen LogP contribution in [0.25, 0.3) is 0 Å². The fraction of sp³-hybridized carbons (Fsp3) is 0.0909. The first-order valence-corrected chi connectivity index (χ1v) is 6.09. The van der Waals surface area contributed by atoms with Gasteiger partial charge < -0.3 is 5.73 Å². The van der Waals surface area contributed by atoms with Crippen LogP contribution in [0.4, 0.5) is 4.39 Å². The maximum absolute atomic E-state index is 13.0. The summed E-state index contributed by atoms with van der Waals surface area (Å²) >= 11 is 4.75. The van der Waals surface area contributed by atoms with Crippen molar-refractivity contribution in [2.75, 3.05) is 0 Å². The van der Waals surface area contributed by atoms with Crippen LogP contribution < -0.4 is 5.73 Å². The number of halogens is 3. The van der Waals surface area contributed by atoms with Crippen molar-refractivity contribution in [3.05, 3.63) is 56.4 Å². The van der Waals surface area contributed by atoms with Crippen molar-refractivity contribution in [1.29, 1.82) is 0 Å². The van der Waals surface area contributed by atoms with Gasteiger partial charge in [0.05, 0.1) is 10.5 Å². The van der Waals surface area contributed by atoms with Crippen molar-refractivity contribution >= 4 is 39.7 Å². The Labute approximate surface area is 112 Å². The third-order valence-corrected chi connectivity index (χ3v) is 3.72. The molecule has 0 fully saturated rings. The second-order valence-electron chi connectivity index (χ2n) is 3.17. The predicted octanol–water partition coefficient (Wildman–Crippen LogP) is 4.12. The molecule has 0 amide bonds. The minimum atomic E-state index is -0.267. The molecule has 0 aliphatic rings. The van der Waals surface area contributed by atoms with E-state index in [1.807, 2.05) is 17.5 Å². The lowest BCUT2D eigenvalue weighted by molar-refractivity contribution is 0.619. The molecule has 0 bridgehead atoms. The summed E-state index contributed by atoms with van der Waals surface area (Å²) in [7, 11) is 0. The highest BCUT2D eigenvalue weighted by molar-refractivity contribution is 9.10. The van der Waals surface area contributed by atoms with Crippen molar-refractivity contribution in [2.24, 2.45) is 5.73 Å². The van der Waals surface area contributed by atoms with Crippen LogP contribution in [0.2, 0.25) is 0 Å². The molecular formula is C11H10BrClFNS. The van der Waals surface area contributed by atoms with Gasteiger partial charge in [-0.1, -0.05) is 12.1 Å². The van der Waals surface area contributed by atoms with Crippen molar-refractivity contribution in [1.82, 2.24) is 0 Å². The largest absolute Gasteiger partial charge is 0.320 e. The van der Waals surface area contributed by atoms with E-state index >= 15 is 0 Å². The number of hydrogen-bond acceptors (Lipinski definition) is 2. The van der Waals surface area contributed by atoms with Gasteiger partial charge in [0, 0.05) is 4.88 Å². The molecule has 0 unspecified atom stereocenters. The Hall–Kier alpha value is -0.420. The van der Waals surface area contributed by atoms with Crippen LogP contribution in [0, 0.1) is 5.82 Å². The fourth-order valence-electron chi connectivity index (χ4n) is 1.34. The summed E-state index contributed by atoms with van der Waals surface area (Å²) in [6.45, 7) is 0. The number of nitrogens with two attached hydrogens (primary N) is 1. The van der Waals surface area contributed by atoms with Crippen molar-refractivity contribution in [3.8, 4) is 0 Å². The summed E-state index contributed by atoms with van der Waals surface area (Å²) in [5, 5.41) is 1.98. The first kappa shape index (κ1) is 13.6. The first-order chi connectivity index (χ1) is 7.18. The van der Waals surface area contributed by atoms with Gasteiger partial charge in [-0.2, -0.15) is 0 Å². The summed E-state index contributed by atoms with van der Waals surface area (Å²) in [4.78, 5) is 1.08. The molecule has 86 valence electrons. The maximum atomic E-state index is 13.0. The topological polar surface area (TPSA) is 26.0 Å². The quantitative estimate of drug-likeness (QED) is 0.884. The highest BCUT2D eigenvalue weighted by Gasteiger charge is 2.11. The molecule has 0 saturated carbocycles. The molecule has 1 aromatic heterocycles. The molecule has 2 aromatic rings. The number of hydrogen-bond donors (Lipinski definition) is 1. The molecule has 0 radical (unpaired) electrons. The second kappa shape index (κ2) is 5.77. The fourth-order valence-corrected chi connectivity index (χ4v) is 2.49. The van der Waals surface area contributed by atoms with Crippen LogP contribution in [-0.2, 0) is 0 Å². The van der Waals surface area contributed by atoms with E-state index in [9.17, 15) is 4.39 Å². The van der Waals surface area contributed by atoms with Gasteiger partial charge in [0.15, 0.2) is 0 Å². The third kappa shape index (κ3) is 2.83. The van der Waals surface area contributed by atoms with Gasteiger partial charge >= 0.3 is 0 Å². The Morgan fingerprint density at radius 1 is 1.31 bits per heavy atom.